The van der Waals surface area contributed by atoms with E-state index in [1.54, 1.807) is 12.1 Å². The monoisotopic (exact) mass is 402 g/mol. The van der Waals surface area contributed by atoms with Crippen LogP contribution in [0.2, 0.25) is 10.0 Å². The van der Waals surface area contributed by atoms with Gasteiger partial charge in [-0.1, -0.05) is 35.3 Å². The second-order valence-electron chi connectivity index (χ2n) is 6.94. The molecule has 6 heteroatoms. The van der Waals surface area contributed by atoms with E-state index in [0.29, 0.717) is 16.6 Å². The number of piperidine rings is 1. The predicted molar refractivity (Wildman–Crippen MR) is 111 cm³/mol. The highest BCUT2D eigenvalue weighted by Gasteiger charge is 2.20. The second kappa shape index (κ2) is 7.93. The van der Waals surface area contributed by atoms with Crippen molar-refractivity contribution < 1.29 is 4.42 Å². The largest absolute Gasteiger partial charge is 0.423 e. The van der Waals surface area contributed by atoms with Crippen LogP contribution in [0.4, 0.5) is 5.69 Å². The average Bonchev–Trinajstić information content (AvgIpc) is 2.66. The summed E-state index contributed by atoms with van der Waals surface area (Å²) in [7, 11) is 0. The highest BCUT2D eigenvalue weighted by molar-refractivity contribution is 6.31. The summed E-state index contributed by atoms with van der Waals surface area (Å²) in [4.78, 5) is 14.3. The summed E-state index contributed by atoms with van der Waals surface area (Å²) in [6.45, 7) is 2.93. The summed E-state index contributed by atoms with van der Waals surface area (Å²) in [5.41, 5.74) is 2.26. The molecule has 1 N–H and O–H groups in total. The molecule has 0 unspecified atom stereocenters. The molecule has 0 bridgehead atoms. The Hall–Kier alpha value is -2.01. The number of nitrogens with one attached hydrogen (secondary N) is 1. The Kier molecular flexibility index (Phi) is 5.39. The van der Waals surface area contributed by atoms with E-state index in [2.05, 4.69) is 22.3 Å². The molecule has 2 aromatic carbocycles. The minimum absolute atomic E-state index is 0.315. The third-order valence-corrected chi connectivity index (χ3v) is 5.46. The molecule has 0 spiro atoms. The fraction of sp³-hybridized carbons (Fsp3) is 0.286. The molecule has 1 aliphatic rings. The SMILES string of the molecule is O=c1cc(NC2CCN(Cc3ccc(Cl)cc3)CC2)c2cc(Cl)ccc2o1. The van der Waals surface area contributed by atoms with Crippen molar-refractivity contribution in [3.05, 3.63) is 74.6 Å². The van der Waals surface area contributed by atoms with Gasteiger partial charge in [0.1, 0.15) is 5.58 Å². The Balaban J connectivity index is 1.42. The van der Waals surface area contributed by atoms with E-state index in [0.717, 1.165) is 48.6 Å². The summed E-state index contributed by atoms with van der Waals surface area (Å²) in [5, 5.41) is 5.75. The van der Waals surface area contributed by atoms with Crippen molar-refractivity contribution in [1.82, 2.24) is 4.90 Å². The number of halogens is 2. The van der Waals surface area contributed by atoms with Gasteiger partial charge in [0.05, 0.1) is 5.69 Å². The normalized spacial score (nSPS) is 15.9. The molecule has 0 atom stereocenters. The van der Waals surface area contributed by atoms with Crippen molar-refractivity contribution in [2.75, 3.05) is 18.4 Å². The molecule has 27 heavy (non-hydrogen) atoms. The molecule has 4 rings (SSSR count). The first-order valence-electron chi connectivity index (χ1n) is 9.03. The number of benzene rings is 2. The van der Waals surface area contributed by atoms with Crippen molar-refractivity contribution >= 4 is 39.9 Å². The summed E-state index contributed by atoms with van der Waals surface area (Å²) in [6.07, 6.45) is 2.02. The number of fused-ring (bicyclic) bond motifs is 1. The van der Waals surface area contributed by atoms with Gasteiger partial charge in [-0.3, -0.25) is 4.90 Å². The smallest absolute Gasteiger partial charge is 0.338 e. The van der Waals surface area contributed by atoms with Gasteiger partial charge in [-0.05, 0) is 48.7 Å². The van der Waals surface area contributed by atoms with Crippen LogP contribution in [0.25, 0.3) is 11.0 Å². The number of likely N-dealkylation sites (tertiary alicyclic amines) is 1. The van der Waals surface area contributed by atoms with E-state index < -0.39 is 0 Å². The molecule has 0 radical (unpaired) electrons. The minimum Gasteiger partial charge on any atom is -0.423 e. The molecule has 1 aliphatic heterocycles. The van der Waals surface area contributed by atoms with E-state index in [4.69, 9.17) is 27.6 Å². The van der Waals surface area contributed by atoms with Gasteiger partial charge >= 0.3 is 5.63 Å². The van der Waals surface area contributed by atoms with Crippen molar-refractivity contribution in [3.8, 4) is 0 Å². The Labute approximate surface area is 167 Å². The van der Waals surface area contributed by atoms with Crippen LogP contribution >= 0.6 is 23.2 Å². The molecule has 0 amide bonds. The third kappa shape index (κ3) is 4.46. The van der Waals surface area contributed by atoms with Gasteiger partial charge in [-0.25, -0.2) is 4.79 Å². The number of hydrogen-bond acceptors (Lipinski definition) is 4. The van der Waals surface area contributed by atoms with Gasteiger partial charge in [-0.2, -0.15) is 0 Å². The summed E-state index contributed by atoms with van der Waals surface area (Å²) in [5.74, 6) is 0. The van der Waals surface area contributed by atoms with Crippen LogP contribution in [0.15, 0.2) is 57.7 Å². The first kappa shape index (κ1) is 18.4. The second-order valence-corrected chi connectivity index (χ2v) is 7.81. The van der Waals surface area contributed by atoms with E-state index in [1.165, 1.54) is 11.6 Å². The standard InChI is InChI=1S/C21H20Cl2N2O2/c22-15-3-1-14(2-4-15)13-25-9-7-17(8-10-25)24-19-12-21(26)27-20-6-5-16(23)11-18(19)20/h1-6,11-12,17,24H,7-10,13H2. The summed E-state index contributed by atoms with van der Waals surface area (Å²) < 4.78 is 5.27. The van der Waals surface area contributed by atoms with Gasteiger partial charge in [0.25, 0.3) is 0 Å². The van der Waals surface area contributed by atoms with Crippen molar-refractivity contribution in [3.63, 3.8) is 0 Å². The summed E-state index contributed by atoms with van der Waals surface area (Å²) >= 11 is 12.1. The predicted octanol–water partition coefficient (Wildman–Crippen LogP) is 5.18. The van der Waals surface area contributed by atoms with Crippen LogP contribution in [0, 0.1) is 0 Å². The molecule has 4 nitrogen and oxygen atoms in total. The maximum absolute atomic E-state index is 11.9. The zero-order valence-electron chi connectivity index (χ0n) is 14.8. The van der Waals surface area contributed by atoms with Crippen molar-refractivity contribution in [2.45, 2.75) is 25.4 Å². The highest BCUT2D eigenvalue weighted by atomic mass is 35.5. The van der Waals surface area contributed by atoms with E-state index >= 15 is 0 Å². The molecule has 2 heterocycles. The molecule has 1 saturated heterocycles. The number of anilines is 1. The van der Waals surface area contributed by atoms with Gasteiger partial charge in [0.15, 0.2) is 0 Å². The molecular weight excluding hydrogens is 383 g/mol. The maximum atomic E-state index is 11.9. The van der Waals surface area contributed by atoms with Gasteiger partial charge in [0.2, 0.25) is 0 Å². The lowest BCUT2D eigenvalue weighted by Gasteiger charge is -2.33. The molecule has 1 aromatic heterocycles. The molecular formula is C21H20Cl2N2O2. The van der Waals surface area contributed by atoms with Crippen LogP contribution in [0.3, 0.4) is 0 Å². The Morgan fingerprint density at radius 3 is 2.44 bits per heavy atom. The maximum Gasteiger partial charge on any atom is 0.338 e. The van der Waals surface area contributed by atoms with E-state index in [9.17, 15) is 4.79 Å². The molecule has 0 aliphatic carbocycles. The lowest BCUT2D eigenvalue weighted by atomic mass is 10.0. The zero-order chi connectivity index (χ0) is 18.8. The Morgan fingerprint density at radius 2 is 1.70 bits per heavy atom. The van der Waals surface area contributed by atoms with Crippen molar-refractivity contribution in [1.29, 1.82) is 0 Å². The first-order valence-corrected chi connectivity index (χ1v) is 9.79. The van der Waals surface area contributed by atoms with Crippen LogP contribution < -0.4 is 10.9 Å². The fourth-order valence-electron chi connectivity index (χ4n) is 3.56. The topological polar surface area (TPSA) is 45.5 Å². The quantitative estimate of drug-likeness (QED) is 0.610. The lowest BCUT2D eigenvalue weighted by molar-refractivity contribution is 0.211. The van der Waals surface area contributed by atoms with E-state index in [1.807, 2.05) is 18.2 Å². The lowest BCUT2D eigenvalue weighted by Crippen LogP contribution is -2.38. The van der Waals surface area contributed by atoms with Crippen LogP contribution in [-0.4, -0.2) is 24.0 Å². The van der Waals surface area contributed by atoms with Gasteiger partial charge < -0.3 is 9.73 Å². The van der Waals surface area contributed by atoms with E-state index in [-0.39, 0.29) is 5.63 Å². The number of rotatable bonds is 4. The van der Waals surface area contributed by atoms with Crippen LogP contribution in [0.5, 0.6) is 0 Å². The van der Waals surface area contributed by atoms with Crippen molar-refractivity contribution in [2.24, 2.45) is 0 Å². The number of nitrogens with zero attached hydrogens (tertiary/aromatic N) is 1. The van der Waals surface area contributed by atoms with Gasteiger partial charge in [-0.15, -0.1) is 0 Å². The minimum atomic E-state index is -0.354. The average molecular weight is 403 g/mol. The Morgan fingerprint density at radius 1 is 1.00 bits per heavy atom. The zero-order valence-corrected chi connectivity index (χ0v) is 16.3. The molecule has 0 saturated carbocycles. The summed E-state index contributed by atoms with van der Waals surface area (Å²) in [6, 6.07) is 15.1. The number of hydrogen-bond donors (Lipinski definition) is 1. The fourth-order valence-corrected chi connectivity index (χ4v) is 3.86. The molecule has 140 valence electrons. The molecule has 1 fully saturated rings. The Bertz CT molecular complexity index is 993. The van der Waals surface area contributed by atoms with Gasteiger partial charge in [0, 0.05) is 47.2 Å². The highest BCUT2D eigenvalue weighted by Crippen LogP contribution is 2.27. The first-order chi connectivity index (χ1) is 13.1. The molecule has 3 aromatic rings. The van der Waals surface area contributed by atoms with Crippen LogP contribution in [0.1, 0.15) is 18.4 Å². The third-order valence-electron chi connectivity index (χ3n) is 4.97. The van der Waals surface area contributed by atoms with Crippen LogP contribution in [-0.2, 0) is 6.54 Å².